The van der Waals surface area contributed by atoms with Crippen molar-refractivity contribution in [2.75, 3.05) is 18.4 Å². The van der Waals surface area contributed by atoms with Crippen LogP contribution in [0.4, 0.5) is 5.69 Å². The summed E-state index contributed by atoms with van der Waals surface area (Å²) in [7, 11) is -3.50. The summed E-state index contributed by atoms with van der Waals surface area (Å²) < 4.78 is 32.2. The third-order valence-corrected chi connectivity index (χ3v) is 4.19. The SMILES string of the molecule is C=CCNS(=O)(=O)c1ccc2c(c1)NCC(C)(C)O2. The molecule has 19 heavy (non-hydrogen) atoms. The lowest BCUT2D eigenvalue weighted by atomic mass is 10.1. The topological polar surface area (TPSA) is 67.4 Å². The van der Waals surface area contributed by atoms with Crippen LogP contribution < -0.4 is 14.8 Å². The summed E-state index contributed by atoms with van der Waals surface area (Å²) in [4.78, 5) is 0.212. The number of hydrogen-bond donors (Lipinski definition) is 2. The molecule has 0 bridgehead atoms. The molecule has 0 spiro atoms. The van der Waals surface area contributed by atoms with E-state index in [2.05, 4.69) is 16.6 Å². The fourth-order valence-corrected chi connectivity index (χ4v) is 2.82. The number of rotatable bonds is 4. The van der Waals surface area contributed by atoms with Gasteiger partial charge in [-0.3, -0.25) is 0 Å². The summed E-state index contributed by atoms with van der Waals surface area (Å²) in [5.41, 5.74) is 0.398. The fraction of sp³-hybridized carbons (Fsp3) is 0.385. The molecule has 104 valence electrons. The predicted molar refractivity (Wildman–Crippen MR) is 75.0 cm³/mol. The zero-order chi connectivity index (χ0) is 14.1. The summed E-state index contributed by atoms with van der Waals surface area (Å²) in [6.45, 7) is 8.26. The molecule has 2 N–H and O–H groups in total. The van der Waals surface area contributed by atoms with Gasteiger partial charge in [0.25, 0.3) is 0 Å². The standard InChI is InChI=1S/C13H18N2O3S/c1-4-7-15-19(16,17)10-5-6-12-11(8-10)14-9-13(2,3)18-12/h4-6,8,14-15H,1,7,9H2,2-3H3. The van der Waals surface area contributed by atoms with Gasteiger partial charge in [-0.1, -0.05) is 6.08 Å². The lowest BCUT2D eigenvalue weighted by molar-refractivity contribution is 0.116. The average Bonchev–Trinajstić information content (AvgIpc) is 2.34. The van der Waals surface area contributed by atoms with Crippen molar-refractivity contribution in [3.8, 4) is 5.75 Å². The normalized spacial score (nSPS) is 16.9. The van der Waals surface area contributed by atoms with Gasteiger partial charge in [0, 0.05) is 6.54 Å². The molecule has 5 nitrogen and oxygen atoms in total. The van der Waals surface area contributed by atoms with Crippen LogP contribution in [0.1, 0.15) is 13.8 Å². The van der Waals surface area contributed by atoms with Gasteiger partial charge >= 0.3 is 0 Å². The highest BCUT2D eigenvalue weighted by atomic mass is 32.2. The number of sulfonamides is 1. The van der Waals surface area contributed by atoms with Gasteiger partial charge in [-0.2, -0.15) is 0 Å². The van der Waals surface area contributed by atoms with Gasteiger partial charge in [-0.25, -0.2) is 13.1 Å². The molecule has 0 amide bonds. The van der Waals surface area contributed by atoms with E-state index in [0.29, 0.717) is 18.0 Å². The Labute approximate surface area is 113 Å². The minimum atomic E-state index is -3.50. The number of hydrogen-bond acceptors (Lipinski definition) is 4. The van der Waals surface area contributed by atoms with Gasteiger partial charge in [-0.05, 0) is 32.0 Å². The predicted octanol–water partition coefficient (Wildman–Crippen LogP) is 1.73. The maximum Gasteiger partial charge on any atom is 0.240 e. The number of anilines is 1. The maximum atomic E-state index is 12.0. The molecule has 0 aliphatic carbocycles. The van der Waals surface area contributed by atoms with Crippen LogP contribution in [-0.2, 0) is 10.0 Å². The van der Waals surface area contributed by atoms with E-state index in [9.17, 15) is 8.42 Å². The Morgan fingerprint density at radius 1 is 1.53 bits per heavy atom. The van der Waals surface area contributed by atoms with E-state index in [4.69, 9.17) is 4.74 Å². The summed E-state index contributed by atoms with van der Waals surface area (Å²) >= 11 is 0. The van der Waals surface area contributed by atoms with Gasteiger partial charge in [-0.15, -0.1) is 6.58 Å². The molecular weight excluding hydrogens is 264 g/mol. The molecule has 1 aromatic carbocycles. The molecule has 0 saturated carbocycles. The minimum absolute atomic E-state index is 0.205. The lowest BCUT2D eigenvalue weighted by Crippen LogP contribution is -2.40. The molecule has 0 fully saturated rings. The monoisotopic (exact) mass is 282 g/mol. The first-order valence-electron chi connectivity index (χ1n) is 6.02. The van der Waals surface area contributed by atoms with Crippen LogP contribution in [0.2, 0.25) is 0 Å². The first-order chi connectivity index (χ1) is 8.84. The molecule has 0 atom stereocenters. The Morgan fingerprint density at radius 2 is 2.26 bits per heavy atom. The van der Waals surface area contributed by atoms with Gasteiger partial charge in [0.1, 0.15) is 11.4 Å². The van der Waals surface area contributed by atoms with Crippen LogP contribution in [-0.4, -0.2) is 27.1 Å². The Balaban J connectivity index is 2.30. The van der Waals surface area contributed by atoms with Crippen molar-refractivity contribution < 1.29 is 13.2 Å². The minimum Gasteiger partial charge on any atom is -0.484 e. The zero-order valence-corrected chi connectivity index (χ0v) is 11.9. The molecule has 0 radical (unpaired) electrons. The van der Waals surface area contributed by atoms with E-state index in [0.717, 1.165) is 0 Å². The maximum absolute atomic E-state index is 12.0. The highest BCUT2D eigenvalue weighted by Crippen LogP contribution is 2.34. The third kappa shape index (κ3) is 3.08. The average molecular weight is 282 g/mol. The number of nitrogens with one attached hydrogen (secondary N) is 2. The highest BCUT2D eigenvalue weighted by Gasteiger charge is 2.27. The zero-order valence-electron chi connectivity index (χ0n) is 11.1. The molecule has 0 unspecified atom stereocenters. The summed E-state index contributed by atoms with van der Waals surface area (Å²) in [5.74, 6) is 0.666. The highest BCUT2D eigenvalue weighted by molar-refractivity contribution is 7.89. The molecule has 1 aliphatic heterocycles. The van der Waals surface area contributed by atoms with E-state index in [-0.39, 0.29) is 17.0 Å². The Morgan fingerprint density at radius 3 is 2.95 bits per heavy atom. The van der Waals surface area contributed by atoms with Crippen LogP contribution in [0.15, 0.2) is 35.7 Å². The van der Waals surface area contributed by atoms with Gasteiger partial charge in [0.2, 0.25) is 10.0 Å². The first-order valence-corrected chi connectivity index (χ1v) is 7.50. The van der Waals surface area contributed by atoms with E-state index in [1.807, 2.05) is 13.8 Å². The second-order valence-electron chi connectivity index (χ2n) is 5.01. The molecule has 2 rings (SSSR count). The van der Waals surface area contributed by atoms with E-state index >= 15 is 0 Å². The van der Waals surface area contributed by atoms with Crippen LogP contribution in [0.5, 0.6) is 5.75 Å². The summed E-state index contributed by atoms with van der Waals surface area (Å²) in [6.07, 6.45) is 1.50. The fourth-order valence-electron chi connectivity index (χ4n) is 1.80. The molecule has 1 aliphatic rings. The van der Waals surface area contributed by atoms with Gasteiger partial charge in [0.15, 0.2) is 0 Å². The first kappa shape index (κ1) is 13.9. The molecular formula is C13H18N2O3S. The largest absolute Gasteiger partial charge is 0.484 e. The second kappa shape index (κ2) is 4.86. The second-order valence-corrected chi connectivity index (χ2v) is 6.78. The van der Waals surface area contributed by atoms with Crippen molar-refractivity contribution in [1.29, 1.82) is 0 Å². The quantitative estimate of drug-likeness (QED) is 0.825. The Hall–Kier alpha value is -1.53. The molecule has 0 saturated heterocycles. The van der Waals surface area contributed by atoms with Gasteiger partial charge < -0.3 is 10.1 Å². The van der Waals surface area contributed by atoms with Crippen molar-refractivity contribution in [3.05, 3.63) is 30.9 Å². The molecule has 6 heteroatoms. The van der Waals surface area contributed by atoms with Crippen molar-refractivity contribution in [2.45, 2.75) is 24.3 Å². The third-order valence-electron chi connectivity index (χ3n) is 2.77. The van der Waals surface area contributed by atoms with Crippen LogP contribution in [0.3, 0.4) is 0 Å². The number of benzene rings is 1. The van der Waals surface area contributed by atoms with Gasteiger partial charge in [0.05, 0.1) is 17.1 Å². The van der Waals surface area contributed by atoms with Crippen LogP contribution in [0, 0.1) is 0 Å². The number of ether oxygens (including phenoxy) is 1. The van der Waals surface area contributed by atoms with Crippen LogP contribution >= 0.6 is 0 Å². The van der Waals surface area contributed by atoms with E-state index in [1.54, 1.807) is 12.1 Å². The Bertz CT molecular complexity index is 594. The van der Waals surface area contributed by atoms with Crippen LogP contribution in [0.25, 0.3) is 0 Å². The smallest absolute Gasteiger partial charge is 0.240 e. The lowest BCUT2D eigenvalue weighted by Gasteiger charge is -2.33. The van der Waals surface area contributed by atoms with Crippen molar-refractivity contribution in [3.63, 3.8) is 0 Å². The summed E-state index contributed by atoms with van der Waals surface area (Å²) in [6, 6.07) is 4.79. The molecule has 1 heterocycles. The molecule has 1 aromatic rings. The van der Waals surface area contributed by atoms with E-state index in [1.165, 1.54) is 12.1 Å². The molecule has 0 aromatic heterocycles. The van der Waals surface area contributed by atoms with E-state index < -0.39 is 10.0 Å². The summed E-state index contributed by atoms with van der Waals surface area (Å²) in [5, 5.41) is 3.18. The van der Waals surface area contributed by atoms with Crippen molar-refractivity contribution >= 4 is 15.7 Å². The van der Waals surface area contributed by atoms with Crippen molar-refractivity contribution in [2.24, 2.45) is 0 Å². The Kier molecular flexibility index (Phi) is 3.56. The number of fused-ring (bicyclic) bond motifs is 1. The van der Waals surface area contributed by atoms with Crippen molar-refractivity contribution in [1.82, 2.24) is 4.72 Å².